The summed E-state index contributed by atoms with van der Waals surface area (Å²) in [5.74, 6) is 1.53. The fraction of sp³-hybridized carbons (Fsp3) is 0.267. The van der Waals surface area contributed by atoms with Gasteiger partial charge in [-0.25, -0.2) is 4.98 Å². The maximum atomic E-state index is 13.5. The first-order valence-electron chi connectivity index (χ1n) is 12.6. The van der Waals surface area contributed by atoms with Crippen molar-refractivity contribution in [1.82, 2.24) is 9.55 Å². The molecule has 1 fully saturated rings. The van der Waals surface area contributed by atoms with Crippen molar-refractivity contribution in [2.75, 3.05) is 4.90 Å². The van der Waals surface area contributed by atoms with Crippen molar-refractivity contribution in [3.63, 3.8) is 0 Å². The van der Waals surface area contributed by atoms with E-state index in [2.05, 4.69) is 47.4 Å². The number of imidazole rings is 1. The molecule has 2 unspecified atom stereocenters. The number of amides is 1. The zero-order valence-corrected chi connectivity index (χ0v) is 22.5. The van der Waals surface area contributed by atoms with Gasteiger partial charge in [-0.1, -0.05) is 54.1 Å². The van der Waals surface area contributed by atoms with Crippen molar-refractivity contribution in [1.29, 1.82) is 0 Å². The molecule has 3 aromatic carbocycles. The molecule has 1 aromatic heterocycles. The smallest absolute Gasteiger partial charge is 0.231 e. The number of anilines is 1. The molecule has 4 aromatic rings. The molecule has 37 heavy (non-hydrogen) atoms. The van der Waals surface area contributed by atoms with Gasteiger partial charge in [0.1, 0.15) is 5.82 Å². The predicted octanol–water partition coefficient (Wildman–Crippen LogP) is 6.55. The highest BCUT2D eigenvalue weighted by Crippen LogP contribution is 2.49. The number of benzene rings is 3. The lowest BCUT2D eigenvalue weighted by molar-refractivity contribution is -0.120. The van der Waals surface area contributed by atoms with E-state index in [4.69, 9.17) is 16.7 Å². The molecule has 2 N–H and O–H groups in total. The highest BCUT2D eigenvalue weighted by molar-refractivity contribution is 7.97. The minimum Gasteiger partial charge on any atom is -0.337 e. The maximum Gasteiger partial charge on any atom is 0.231 e. The Morgan fingerprint density at radius 1 is 1.08 bits per heavy atom. The molecule has 7 heteroatoms. The largest absolute Gasteiger partial charge is 0.337 e. The van der Waals surface area contributed by atoms with Crippen molar-refractivity contribution < 1.29 is 4.79 Å². The lowest BCUT2D eigenvalue weighted by atomic mass is 10.1. The molecule has 0 aliphatic heterocycles. The molecular weight excluding hydrogens is 500 g/mol. The van der Waals surface area contributed by atoms with Crippen LogP contribution in [0.3, 0.4) is 0 Å². The quantitative estimate of drug-likeness (QED) is 0.287. The Balaban J connectivity index is 0.000000265. The van der Waals surface area contributed by atoms with Gasteiger partial charge in [0.25, 0.3) is 0 Å². The highest BCUT2D eigenvalue weighted by atomic mass is 35.5. The number of aromatic nitrogens is 2. The first-order chi connectivity index (χ1) is 18.0. The number of nitrogens with two attached hydrogens (primary N) is 1. The molecule has 0 saturated heterocycles. The highest BCUT2D eigenvalue weighted by Gasteiger charge is 2.46. The zero-order valence-electron chi connectivity index (χ0n) is 20.9. The molecule has 0 spiro atoms. The number of carbonyl (C=O) groups excluding carboxylic acids is 1. The average molecular weight is 531 g/mol. The van der Waals surface area contributed by atoms with E-state index in [-0.39, 0.29) is 11.8 Å². The summed E-state index contributed by atoms with van der Waals surface area (Å²) in [7, 11) is 1.98. The Kier molecular flexibility index (Phi) is 7.99. The van der Waals surface area contributed by atoms with Gasteiger partial charge in [0.15, 0.2) is 0 Å². The molecule has 2 atom stereocenters. The Bertz CT molecular complexity index is 1370. The zero-order chi connectivity index (χ0) is 25.8. The first kappa shape index (κ1) is 25.6. The molecule has 0 radical (unpaired) electrons. The predicted molar refractivity (Wildman–Crippen MR) is 152 cm³/mol. The number of aryl methyl sites for hydroxylation is 3. The molecule has 190 valence electrons. The van der Waals surface area contributed by atoms with E-state index in [9.17, 15) is 4.79 Å². The number of hydrogen-bond acceptors (Lipinski definition) is 4. The molecule has 1 amide bonds. The van der Waals surface area contributed by atoms with Crippen LogP contribution in [0.5, 0.6) is 0 Å². The Labute approximate surface area is 227 Å². The van der Waals surface area contributed by atoms with Crippen LogP contribution in [0.4, 0.5) is 5.69 Å². The second-order valence-electron chi connectivity index (χ2n) is 9.62. The average Bonchev–Trinajstić information content (AvgIpc) is 3.41. The lowest BCUT2D eigenvalue weighted by Gasteiger charge is -2.24. The molecule has 2 aliphatic rings. The van der Waals surface area contributed by atoms with Crippen molar-refractivity contribution in [2.45, 2.75) is 43.0 Å². The Hall–Kier alpha value is -3.06. The summed E-state index contributed by atoms with van der Waals surface area (Å²) in [6.45, 7) is 0.513. The number of fused-ring (bicyclic) bond motifs is 1. The van der Waals surface area contributed by atoms with Gasteiger partial charge in [-0.2, -0.15) is 0 Å². The molecule has 1 saturated carbocycles. The van der Waals surface area contributed by atoms with Gasteiger partial charge >= 0.3 is 0 Å². The van der Waals surface area contributed by atoms with Crippen molar-refractivity contribution in [3.05, 3.63) is 113 Å². The third-order valence-electron chi connectivity index (χ3n) is 7.15. The summed E-state index contributed by atoms with van der Waals surface area (Å²) in [5, 5.41) is 6.00. The SMILES string of the molecule is Cn1ccnc1CN(C(=O)C1CC1c1ccccc1)c1ccc2c(c1)CCC2.NSc1cccc(Cl)c1. The summed E-state index contributed by atoms with van der Waals surface area (Å²) < 4.78 is 2.00. The van der Waals surface area contributed by atoms with E-state index in [0.717, 1.165) is 40.7 Å². The second-order valence-corrected chi connectivity index (χ2v) is 10.8. The molecule has 1 heterocycles. The summed E-state index contributed by atoms with van der Waals surface area (Å²) in [6, 6.07) is 24.4. The van der Waals surface area contributed by atoms with Crippen LogP contribution in [0.25, 0.3) is 0 Å². The van der Waals surface area contributed by atoms with Crippen LogP contribution in [0.1, 0.15) is 41.3 Å². The second kappa shape index (κ2) is 11.5. The number of carbonyl (C=O) groups is 1. The number of hydrogen-bond donors (Lipinski definition) is 1. The summed E-state index contributed by atoms with van der Waals surface area (Å²) in [5.41, 5.74) is 5.10. The van der Waals surface area contributed by atoms with E-state index in [1.807, 2.05) is 53.0 Å². The summed E-state index contributed by atoms with van der Waals surface area (Å²) >= 11 is 6.85. The third kappa shape index (κ3) is 6.09. The van der Waals surface area contributed by atoms with Gasteiger partial charge in [-0.3, -0.25) is 9.93 Å². The monoisotopic (exact) mass is 530 g/mol. The molecule has 5 nitrogen and oxygen atoms in total. The molecule has 0 bridgehead atoms. The Morgan fingerprint density at radius 2 is 1.89 bits per heavy atom. The van der Waals surface area contributed by atoms with Crippen LogP contribution in [-0.2, 0) is 31.2 Å². The van der Waals surface area contributed by atoms with E-state index in [0.29, 0.717) is 12.5 Å². The van der Waals surface area contributed by atoms with Crippen LogP contribution in [0.2, 0.25) is 5.02 Å². The summed E-state index contributed by atoms with van der Waals surface area (Å²) in [4.78, 5) is 20.9. The van der Waals surface area contributed by atoms with Crippen LogP contribution in [0.15, 0.2) is 90.1 Å². The van der Waals surface area contributed by atoms with Crippen molar-refractivity contribution in [2.24, 2.45) is 18.1 Å². The van der Waals surface area contributed by atoms with Crippen LogP contribution in [-0.4, -0.2) is 15.5 Å². The molecular formula is C30H31ClN4OS. The first-order valence-corrected chi connectivity index (χ1v) is 13.9. The number of rotatable bonds is 6. The number of nitrogens with zero attached hydrogens (tertiary/aromatic N) is 3. The molecule has 2 aliphatic carbocycles. The van der Waals surface area contributed by atoms with Gasteiger partial charge in [-0.15, -0.1) is 0 Å². The maximum absolute atomic E-state index is 13.5. The van der Waals surface area contributed by atoms with Gasteiger partial charge in [-0.05, 0) is 90.6 Å². The van der Waals surface area contributed by atoms with Crippen LogP contribution in [0, 0.1) is 5.92 Å². The third-order valence-corrected chi connectivity index (χ3v) is 7.91. The minimum absolute atomic E-state index is 0.0657. The summed E-state index contributed by atoms with van der Waals surface area (Å²) in [6.07, 6.45) is 8.15. The van der Waals surface area contributed by atoms with Crippen molar-refractivity contribution in [3.8, 4) is 0 Å². The van der Waals surface area contributed by atoms with E-state index < -0.39 is 0 Å². The lowest BCUT2D eigenvalue weighted by Crippen LogP contribution is -2.33. The van der Waals surface area contributed by atoms with Gasteiger partial charge in [0, 0.05) is 41.0 Å². The van der Waals surface area contributed by atoms with E-state index in [1.54, 1.807) is 6.20 Å². The fourth-order valence-electron chi connectivity index (χ4n) is 4.99. The minimum atomic E-state index is 0.0657. The standard InChI is InChI=1S/C24H25N3O.C6H6ClNS/c1-26-13-12-25-23(26)16-27(20-11-10-17-8-5-9-19(17)14-20)24(28)22-15-21(22)18-6-3-2-4-7-18;7-5-2-1-3-6(4-5)9-8/h2-4,6-7,10-14,21-22H,5,8-9,15-16H2,1H3;1-4H,8H2. The van der Waals surface area contributed by atoms with Gasteiger partial charge < -0.3 is 9.47 Å². The Morgan fingerprint density at radius 3 is 2.59 bits per heavy atom. The van der Waals surface area contributed by atoms with Crippen molar-refractivity contribution >= 4 is 35.1 Å². The topological polar surface area (TPSA) is 64.2 Å². The molecule has 6 rings (SSSR count). The van der Waals surface area contributed by atoms with Crippen LogP contribution >= 0.6 is 23.5 Å². The van der Waals surface area contributed by atoms with Gasteiger partial charge in [0.2, 0.25) is 5.91 Å². The van der Waals surface area contributed by atoms with E-state index >= 15 is 0 Å². The normalized spacial score (nSPS) is 17.5. The van der Waals surface area contributed by atoms with Crippen LogP contribution < -0.4 is 10.0 Å². The fourth-order valence-corrected chi connectivity index (χ4v) is 5.60. The van der Waals surface area contributed by atoms with Gasteiger partial charge in [0.05, 0.1) is 6.54 Å². The number of halogens is 1. The van der Waals surface area contributed by atoms with E-state index in [1.165, 1.54) is 35.1 Å².